The Morgan fingerprint density at radius 2 is 2.10 bits per heavy atom. The first-order valence-corrected chi connectivity index (χ1v) is 6.79. The average Bonchev–Trinajstić information content (AvgIpc) is 2.70. The molecule has 0 unspecified atom stereocenters. The second kappa shape index (κ2) is 5.76. The van der Waals surface area contributed by atoms with Gasteiger partial charge in [0.1, 0.15) is 10.7 Å². The zero-order chi connectivity index (χ0) is 14.9. The molecule has 2 N–H and O–H groups in total. The number of hydrogen-bond acceptors (Lipinski definition) is 3. The molecule has 1 aromatic carbocycles. The van der Waals surface area contributed by atoms with Crippen molar-refractivity contribution in [3.63, 3.8) is 0 Å². The Balaban J connectivity index is 2.19. The van der Waals surface area contributed by atoms with E-state index in [-0.39, 0.29) is 22.1 Å². The molecule has 0 atom stereocenters. The van der Waals surface area contributed by atoms with Gasteiger partial charge in [-0.25, -0.2) is 13.6 Å². The highest BCUT2D eigenvalue weighted by atomic mass is 35.5. The Kier molecular flexibility index (Phi) is 4.25. The molecule has 0 radical (unpaired) electrons. The Labute approximate surface area is 122 Å². The van der Waals surface area contributed by atoms with E-state index in [0.717, 1.165) is 33.9 Å². The minimum Gasteiger partial charge on any atom is -0.477 e. The number of carboxylic acid groups (broad SMARTS) is 1. The average molecular weight is 318 g/mol. The molecule has 3 nitrogen and oxygen atoms in total. The number of thiophene rings is 1. The van der Waals surface area contributed by atoms with Gasteiger partial charge >= 0.3 is 5.97 Å². The monoisotopic (exact) mass is 317 g/mol. The molecule has 2 rings (SSSR count). The summed E-state index contributed by atoms with van der Waals surface area (Å²) in [6.45, 7) is 1.98. The molecule has 1 heterocycles. The van der Waals surface area contributed by atoms with Crippen LogP contribution < -0.4 is 5.32 Å². The van der Waals surface area contributed by atoms with Crippen LogP contribution in [0.2, 0.25) is 5.02 Å². The van der Waals surface area contributed by atoms with Crippen LogP contribution in [0.3, 0.4) is 0 Å². The largest absolute Gasteiger partial charge is 0.477 e. The molecule has 106 valence electrons. The summed E-state index contributed by atoms with van der Waals surface area (Å²) in [6, 6.07) is 3.26. The Morgan fingerprint density at radius 3 is 2.65 bits per heavy atom. The zero-order valence-corrected chi connectivity index (χ0v) is 11.9. The van der Waals surface area contributed by atoms with Gasteiger partial charge in [0.2, 0.25) is 0 Å². The molecule has 0 bridgehead atoms. The first kappa shape index (κ1) is 14.7. The zero-order valence-electron chi connectivity index (χ0n) is 10.3. The molecule has 0 fully saturated rings. The van der Waals surface area contributed by atoms with E-state index in [2.05, 4.69) is 5.32 Å². The maximum Gasteiger partial charge on any atom is 0.345 e. The van der Waals surface area contributed by atoms with E-state index in [4.69, 9.17) is 16.7 Å². The summed E-state index contributed by atoms with van der Waals surface area (Å²) in [5.74, 6) is -2.55. The maximum absolute atomic E-state index is 13.6. The second-order valence-corrected chi connectivity index (χ2v) is 5.76. The number of benzene rings is 1. The fourth-order valence-corrected chi connectivity index (χ4v) is 2.84. The number of aromatic carboxylic acids is 1. The molecule has 0 spiro atoms. The highest BCUT2D eigenvalue weighted by Gasteiger charge is 2.13. The fourth-order valence-electron chi connectivity index (χ4n) is 1.70. The third-order valence-corrected chi connectivity index (χ3v) is 4.07. The van der Waals surface area contributed by atoms with Crippen molar-refractivity contribution < 1.29 is 18.7 Å². The molecular weight excluding hydrogens is 308 g/mol. The van der Waals surface area contributed by atoms with Gasteiger partial charge in [0.25, 0.3) is 0 Å². The standard InChI is InChI=1S/C13H10ClF2NO2S/c1-6-7(2-11(20-6)13(18)19)5-17-12-9(14)3-8(15)4-10(12)16/h2-4,17H,5H2,1H3,(H,18,19). The van der Waals surface area contributed by atoms with E-state index in [1.54, 1.807) is 6.92 Å². The van der Waals surface area contributed by atoms with Gasteiger partial charge in [0.05, 0.1) is 10.7 Å². The van der Waals surface area contributed by atoms with Crippen molar-refractivity contribution in [3.8, 4) is 0 Å². The molecule has 0 aliphatic carbocycles. The van der Waals surface area contributed by atoms with Crippen molar-refractivity contribution in [1.29, 1.82) is 0 Å². The summed E-state index contributed by atoms with van der Waals surface area (Å²) in [5.41, 5.74) is 0.725. The molecule has 0 aliphatic heterocycles. The van der Waals surface area contributed by atoms with Crippen molar-refractivity contribution in [1.82, 2.24) is 0 Å². The number of aryl methyl sites for hydroxylation is 1. The Hall–Kier alpha value is -1.66. The van der Waals surface area contributed by atoms with Gasteiger partial charge in [0, 0.05) is 17.5 Å². The van der Waals surface area contributed by atoms with Crippen LogP contribution in [-0.4, -0.2) is 11.1 Å². The van der Waals surface area contributed by atoms with Gasteiger partial charge in [0.15, 0.2) is 5.82 Å². The van der Waals surface area contributed by atoms with Gasteiger partial charge in [-0.2, -0.15) is 0 Å². The molecule has 0 amide bonds. The molecular formula is C13H10ClF2NO2S. The quantitative estimate of drug-likeness (QED) is 0.884. The first-order valence-electron chi connectivity index (χ1n) is 5.59. The molecule has 0 aliphatic rings. The predicted octanol–water partition coefficient (Wildman–Crippen LogP) is 4.30. The van der Waals surface area contributed by atoms with Crippen LogP contribution in [0, 0.1) is 18.6 Å². The first-order chi connectivity index (χ1) is 9.38. The van der Waals surface area contributed by atoms with Crippen LogP contribution in [0.25, 0.3) is 0 Å². The second-order valence-electron chi connectivity index (χ2n) is 4.10. The summed E-state index contributed by atoms with van der Waals surface area (Å²) in [7, 11) is 0. The minimum absolute atomic E-state index is 0.00413. The van der Waals surface area contributed by atoms with E-state index in [0.29, 0.717) is 0 Å². The molecule has 1 aromatic heterocycles. The lowest BCUT2D eigenvalue weighted by Crippen LogP contribution is -2.03. The van der Waals surface area contributed by atoms with Gasteiger partial charge in [-0.3, -0.25) is 0 Å². The van der Waals surface area contributed by atoms with E-state index in [9.17, 15) is 13.6 Å². The number of rotatable bonds is 4. The van der Waals surface area contributed by atoms with Crippen LogP contribution in [-0.2, 0) is 6.54 Å². The minimum atomic E-state index is -1.00. The third-order valence-electron chi connectivity index (χ3n) is 2.69. The van der Waals surface area contributed by atoms with Gasteiger partial charge in [-0.15, -0.1) is 11.3 Å². The van der Waals surface area contributed by atoms with E-state index < -0.39 is 17.6 Å². The summed E-state index contributed by atoms with van der Waals surface area (Å²) < 4.78 is 26.5. The van der Waals surface area contributed by atoms with Crippen LogP contribution in [0.4, 0.5) is 14.5 Å². The van der Waals surface area contributed by atoms with Gasteiger partial charge in [-0.1, -0.05) is 11.6 Å². The SMILES string of the molecule is Cc1sc(C(=O)O)cc1CNc1c(F)cc(F)cc1Cl. The smallest absolute Gasteiger partial charge is 0.345 e. The lowest BCUT2D eigenvalue weighted by molar-refractivity contribution is 0.0702. The van der Waals surface area contributed by atoms with Crippen molar-refractivity contribution in [2.24, 2.45) is 0 Å². The molecule has 0 saturated carbocycles. The fraction of sp³-hybridized carbons (Fsp3) is 0.154. The highest BCUT2D eigenvalue weighted by Crippen LogP contribution is 2.28. The Bertz CT molecular complexity index is 649. The van der Waals surface area contributed by atoms with Crippen molar-refractivity contribution in [3.05, 3.63) is 50.2 Å². The van der Waals surface area contributed by atoms with E-state index >= 15 is 0 Å². The summed E-state index contributed by atoms with van der Waals surface area (Å²) in [5, 5.41) is 11.6. The van der Waals surface area contributed by atoms with E-state index in [1.165, 1.54) is 6.07 Å². The summed E-state index contributed by atoms with van der Waals surface area (Å²) in [4.78, 5) is 11.9. The summed E-state index contributed by atoms with van der Waals surface area (Å²) in [6.07, 6.45) is 0. The number of hydrogen-bond donors (Lipinski definition) is 2. The van der Waals surface area contributed by atoms with Gasteiger partial charge in [-0.05, 0) is 24.6 Å². The van der Waals surface area contributed by atoms with Crippen LogP contribution in [0.15, 0.2) is 18.2 Å². The maximum atomic E-state index is 13.6. The molecule has 0 saturated heterocycles. The van der Waals surface area contributed by atoms with Crippen LogP contribution >= 0.6 is 22.9 Å². The molecule has 2 aromatic rings. The lowest BCUT2D eigenvalue weighted by Gasteiger charge is -2.09. The van der Waals surface area contributed by atoms with Crippen molar-refractivity contribution >= 4 is 34.6 Å². The van der Waals surface area contributed by atoms with E-state index in [1.807, 2.05) is 0 Å². The number of anilines is 1. The highest BCUT2D eigenvalue weighted by molar-refractivity contribution is 7.14. The van der Waals surface area contributed by atoms with Crippen LogP contribution in [0.1, 0.15) is 20.1 Å². The number of carboxylic acids is 1. The Morgan fingerprint density at radius 1 is 1.40 bits per heavy atom. The number of halogens is 3. The summed E-state index contributed by atoms with van der Waals surface area (Å²) >= 11 is 6.90. The third kappa shape index (κ3) is 3.08. The number of nitrogens with one attached hydrogen (secondary N) is 1. The van der Waals surface area contributed by atoms with Crippen molar-refractivity contribution in [2.75, 3.05) is 5.32 Å². The molecule has 20 heavy (non-hydrogen) atoms. The normalized spacial score (nSPS) is 10.6. The topological polar surface area (TPSA) is 49.3 Å². The van der Waals surface area contributed by atoms with Crippen molar-refractivity contribution in [2.45, 2.75) is 13.5 Å². The number of carbonyl (C=O) groups is 1. The predicted molar refractivity (Wildman–Crippen MR) is 74.7 cm³/mol. The van der Waals surface area contributed by atoms with Crippen LogP contribution in [0.5, 0.6) is 0 Å². The molecule has 7 heteroatoms. The van der Waals surface area contributed by atoms with Gasteiger partial charge < -0.3 is 10.4 Å². The lowest BCUT2D eigenvalue weighted by atomic mass is 10.2.